The molecule has 1 aliphatic heterocycles. The van der Waals surface area contributed by atoms with Crippen molar-refractivity contribution in [2.75, 3.05) is 44.2 Å². The van der Waals surface area contributed by atoms with E-state index in [9.17, 15) is 10.2 Å². The number of rotatable bonds is 6. The highest BCUT2D eigenvalue weighted by Gasteiger charge is 2.20. The first-order valence-corrected chi connectivity index (χ1v) is 9.29. The Bertz CT molecular complexity index is 719. The van der Waals surface area contributed by atoms with Gasteiger partial charge >= 0.3 is 0 Å². The number of piperazine rings is 1. The predicted octanol–water partition coefficient (Wildman–Crippen LogP) is 3.26. The monoisotopic (exact) mass is 396 g/mol. The van der Waals surface area contributed by atoms with Crippen LogP contribution in [0.15, 0.2) is 42.5 Å². The molecular weight excluding hydrogens is 375 g/mol. The molecule has 0 aromatic heterocycles. The molecule has 0 unspecified atom stereocenters. The average Bonchev–Trinajstić information content (AvgIpc) is 2.64. The van der Waals surface area contributed by atoms with Crippen LogP contribution in [0.1, 0.15) is 0 Å². The van der Waals surface area contributed by atoms with Crippen molar-refractivity contribution in [2.45, 2.75) is 6.10 Å². The van der Waals surface area contributed by atoms with Gasteiger partial charge in [0.2, 0.25) is 0 Å². The van der Waals surface area contributed by atoms with Gasteiger partial charge in [-0.05, 0) is 42.5 Å². The van der Waals surface area contributed by atoms with Gasteiger partial charge in [-0.25, -0.2) is 0 Å². The maximum atomic E-state index is 10.2. The number of benzene rings is 2. The summed E-state index contributed by atoms with van der Waals surface area (Å²) in [6.45, 7) is 4.23. The number of halogens is 2. The summed E-state index contributed by atoms with van der Waals surface area (Å²) in [5.41, 5.74) is 1.07. The van der Waals surface area contributed by atoms with Crippen molar-refractivity contribution in [1.29, 1.82) is 0 Å². The number of hydrogen-bond acceptors (Lipinski definition) is 5. The highest BCUT2D eigenvalue weighted by atomic mass is 35.5. The van der Waals surface area contributed by atoms with Crippen LogP contribution in [0.3, 0.4) is 0 Å². The Morgan fingerprint density at radius 1 is 0.962 bits per heavy atom. The third-order valence-corrected chi connectivity index (χ3v) is 5.13. The number of β-amino-alcohol motifs (C(OH)–C–C–N with tert-alkyl or cyclic N) is 1. The van der Waals surface area contributed by atoms with E-state index in [2.05, 4.69) is 9.80 Å². The normalized spacial score (nSPS) is 16.5. The number of aliphatic hydroxyl groups is 1. The zero-order chi connectivity index (χ0) is 18.5. The Morgan fingerprint density at radius 3 is 2.31 bits per heavy atom. The fourth-order valence-corrected chi connectivity index (χ4v) is 3.25. The number of nitrogens with zero attached hydrogens (tertiary/aromatic N) is 2. The molecule has 26 heavy (non-hydrogen) atoms. The number of anilines is 1. The van der Waals surface area contributed by atoms with Crippen LogP contribution in [0.5, 0.6) is 11.5 Å². The summed E-state index contributed by atoms with van der Waals surface area (Å²) in [4.78, 5) is 4.48. The standard InChI is InChI=1S/C19H22Cl2N2O3/c20-18-6-1-14(11-19(18)21)23-9-7-22(8-10-23)12-16(25)13-26-17-4-2-15(24)3-5-17/h1-6,11,16,24-25H,7-10,12-13H2/t16-/m0/s1. The summed E-state index contributed by atoms with van der Waals surface area (Å²) < 4.78 is 5.55. The Morgan fingerprint density at radius 2 is 1.65 bits per heavy atom. The molecule has 1 heterocycles. The molecule has 2 N–H and O–H groups in total. The summed E-state index contributed by atoms with van der Waals surface area (Å²) >= 11 is 12.1. The molecule has 0 spiro atoms. The fourth-order valence-electron chi connectivity index (χ4n) is 2.96. The van der Waals surface area contributed by atoms with Crippen LogP contribution in [0.4, 0.5) is 5.69 Å². The van der Waals surface area contributed by atoms with Crippen molar-refractivity contribution in [1.82, 2.24) is 4.90 Å². The maximum absolute atomic E-state index is 10.2. The van der Waals surface area contributed by atoms with Gasteiger partial charge in [0, 0.05) is 38.4 Å². The van der Waals surface area contributed by atoms with Gasteiger partial charge < -0.3 is 19.8 Å². The highest BCUT2D eigenvalue weighted by Crippen LogP contribution is 2.27. The zero-order valence-electron chi connectivity index (χ0n) is 14.3. The first-order valence-electron chi connectivity index (χ1n) is 8.53. The van der Waals surface area contributed by atoms with Crippen molar-refractivity contribution >= 4 is 28.9 Å². The molecule has 1 fully saturated rings. The summed E-state index contributed by atoms with van der Waals surface area (Å²) in [6.07, 6.45) is -0.569. The van der Waals surface area contributed by atoms with Gasteiger partial charge in [-0.15, -0.1) is 0 Å². The van der Waals surface area contributed by atoms with Crippen LogP contribution in [0, 0.1) is 0 Å². The van der Waals surface area contributed by atoms with Crippen LogP contribution in [0.25, 0.3) is 0 Å². The van der Waals surface area contributed by atoms with Crippen LogP contribution < -0.4 is 9.64 Å². The number of aliphatic hydroxyl groups excluding tert-OH is 1. The second-order valence-corrected chi connectivity index (χ2v) is 7.16. The van der Waals surface area contributed by atoms with Crippen LogP contribution in [-0.2, 0) is 0 Å². The lowest BCUT2D eigenvalue weighted by Gasteiger charge is -2.37. The van der Waals surface area contributed by atoms with E-state index in [1.54, 1.807) is 24.3 Å². The molecule has 0 bridgehead atoms. The molecule has 1 atom stereocenters. The van der Waals surface area contributed by atoms with Gasteiger partial charge in [-0.2, -0.15) is 0 Å². The second-order valence-electron chi connectivity index (χ2n) is 6.34. The summed E-state index contributed by atoms with van der Waals surface area (Å²) in [6, 6.07) is 12.2. The molecule has 3 rings (SSSR count). The zero-order valence-corrected chi connectivity index (χ0v) is 15.8. The van der Waals surface area contributed by atoms with Crippen molar-refractivity contribution < 1.29 is 14.9 Å². The largest absolute Gasteiger partial charge is 0.508 e. The maximum Gasteiger partial charge on any atom is 0.119 e. The molecule has 5 nitrogen and oxygen atoms in total. The van der Waals surface area contributed by atoms with Crippen molar-refractivity contribution in [2.24, 2.45) is 0 Å². The molecule has 0 aliphatic carbocycles. The van der Waals surface area contributed by atoms with Crippen molar-refractivity contribution in [3.05, 3.63) is 52.5 Å². The summed E-state index contributed by atoms with van der Waals surface area (Å²) in [5, 5.41) is 20.6. The number of phenolic OH excluding ortho intramolecular Hbond substituents is 1. The Hall–Kier alpha value is -1.66. The van der Waals surface area contributed by atoms with Crippen molar-refractivity contribution in [3.8, 4) is 11.5 Å². The van der Waals surface area contributed by atoms with Gasteiger partial charge in [0.25, 0.3) is 0 Å². The minimum Gasteiger partial charge on any atom is -0.508 e. The second kappa shape index (κ2) is 8.82. The van der Waals surface area contributed by atoms with Gasteiger partial charge in [0.05, 0.1) is 10.0 Å². The molecule has 7 heteroatoms. The first-order chi connectivity index (χ1) is 12.5. The van der Waals surface area contributed by atoms with E-state index >= 15 is 0 Å². The molecule has 2 aromatic rings. The molecule has 140 valence electrons. The molecular formula is C19H22Cl2N2O3. The predicted molar refractivity (Wildman–Crippen MR) is 105 cm³/mol. The van der Waals surface area contributed by atoms with Gasteiger partial charge in [0.15, 0.2) is 0 Å². The SMILES string of the molecule is Oc1ccc(OC[C@@H](O)CN2CCN(c3ccc(Cl)c(Cl)c3)CC2)cc1. The van der Waals surface area contributed by atoms with E-state index in [-0.39, 0.29) is 12.4 Å². The van der Waals surface area contributed by atoms with E-state index in [0.29, 0.717) is 22.3 Å². The molecule has 2 aromatic carbocycles. The van der Waals surface area contributed by atoms with E-state index in [4.69, 9.17) is 27.9 Å². The molecule has 1 aliphatic rings. The number of aromatic hydroxyl groups is 1. The van der Waals surface area contributed by atoms with E-state index in [0.717, 1.165) is 31.9 Å². The van der Waals surface area contributed by atoms with E-state index in [1.165, 1.54) is 0 Å². The van der Waals surface area contributed by atoms with E-state index < -0.39 is 6.10 Å². The number of phenols is 1. The fraction of sp³-hybridized carbons (Fsp3) is 0.368. The third-order valence-electron chi connectivity index (χ3n) is 4.39. The van der Waals surface area contributed by atoms with Gasteiger partial charge in [0.1, 0.15) is 24.2 Å². The number of hydrogen-bond donors (Lipinski definition) is 2. The van der Waals surface area contributed by atoms with Gasteiger partial charge in [-0.3, -0.25) is 4.90 Å². The molecule has 0 saturated carbocycles. The Balaban J connectivity index is 1.43. The lowest BCUT2D eigenvalue weighted by atomic mass is 10.2. The lowest BCUT2D eigenvalue weighted by Crippen LogP contribution is -2.49. The topological polar surface area (TPSA) is 56.2 Å². The molecule has 0 amide bonds. The highest BCUT2D eigenvalue weighted by molar-refractivity contribution is 6.42. The van der Waals surface area contributed by atoms with Crippen LogP contribution >= 0.6 is 23.2 Å². The summed E-state index contributed by atoms with van der Waals surface area (Å²) in [7, 11) is 0. The average molecular weight is 397 g/mol. The smallest absolute Gasteiger partial charge is 0.119 e. The first kappa shape index (κ1) is 19.1. The lowest BCUT2D eigenvalue weighted by molar-refractivity contribution is 0.0663. The van der Waals surface area contributed by atoms with Crippen LogP contribution in [0.2, 0.25) is 10.0 Å². The third kappa shape index (κ3) is 5.17. The van der Waals surface area contributed by atoms with E-state index in [1.807, 2.05) is 18.2 Å². The van der Waals surface area contributed by atoms with Gasteiger partial charge in [-0.1, -0.05) is 23.2 Å². The van der Waals surface area contributed by atoms with Crippen molar-refractivity contribution in [3.63, 3.8) is 0 Å². The Kier molecular flexibility index (Phi) is 6.48. The van der Waals surface area contributed by atoms with Crippen LogP contribution in [-0.4, -0.2) is 60.5 Å². The molecule has 1 saturated heterocycles. The molecule has 0 radical (unpaired) electrons. The Labute approximate surface area is 163 Å². The summed E-state index contributed by atoms with van der Waals surface area (Å²) in [5.74, 6) is 0.823. The minimum absolute atomic E-state index is 0.192. The minimum atomic E-state index is -0.569. The number of ether oxygens (including phenoxy) is 1. The quantitative estimate of drug-likeness (QED) is 0.784.